The molecule has 10 heavy (non-hydrogen) atoms. The monoisotopic (exact) mass is 140 g/mol. The normalized spacial score (nSPS) is 10.9. The number of aliphatic carboxylic acids is 1. The summed E-state index contributed by atoms with van der Waals surface area (Å²) >= 11 is 0. The lowest BCUT2D eigenvalue weighted by Gasteiger charge is -1.75. The van der Waals surface area contributed by atoms with Gasteiger partial charge in [-0.05, 0) is 13.0 Å². The highest BCUT2D eigenvalue weighted by Crippen LogP contribution is 1.78. The van der Waals surface area contributed by atoms with E-state index in [0.717, 1.165) is 6.08 Å². The Bertz CT molecular complexity index is 167. The Kier molecular flexibility index (Phi) is 3.87. The highest BCUT2D eigenvalue weighted by atomic mass is 16.4. The van der Waals surface area contributed by atoms with Crippen LogP contribution in [0.4, 0.5) is 0 Å². The van der Waals surface area contributed by atoms with Gasteiger partial charge in [0, 0.05) is 6.08 Å². The van der Waals surface area contributed by atoms with Crippen molar-refractivity contribution < 1.29 is 14.7 Å². The van der Waals surface area contributed by atoms with Gasteiger partial charge >= 0.3 is 5.97 Å². The first-order chi connectivity index (χ1) is 4.63. The second-order valence-electron chi connectivity index (χ2n) is 1.67. The predicted octanol–water partition coefficient (Wildman–Crippen LogP) is 0.772. The van der Waals surface area contributed by atoms with E-state index in [1.807, 2.05) is 0 Å². The van der Waals surface area contributed by atoms with Gasteiger partial charge < -0.3 is 5.11 Å². The number of rotatable bonds is 3. The number of carbonyl (C=O) groups is 2. The maximum Gasteiger partial charge on any atom is 0.328 e. The van der Waals surface area contributed by atoms with Crippen molar-refractivity contribution in [1.29, 1.82) is 0 Å². The number of ketones is 1. The van der Waals surface area contributed by atoms with Crippen molar-refractivity contribution in [3.05, 3.63) is 24.3 Å². The largest absolute Gasteiger partial charge is 0.478 e. The fraction of sp³-hybridized carbons (Fsp3) is 0.143. The molecule has 0 atom stereocenters. The zero-order chi connectivity index (χ0) is 7.98. The molecule has 0 aliphatic heterocycles. The fourth-order valence-electron chi connectivity index (χ4n) is 0.329. The Morgan fingerprint density at radius 1 is 1.20 bits per heavy atom. The Hall–Kier alpha value is -1.38. The molecule has 0 aliphatic rings. The molecule has 0 fully saturated rings. The van der Waals surface area contributed by atoms with Gasteiger partial charge in [-0.1, -0.05) is 12.2 Å². The van der Waals surface area contributed by atoms with Gasteiger partial charge in [-0.3, -0.25) is 4.79 Å². The van der Waals surface area contributed by atoms with Crippen molar-refractivity contribution in [2.45, 2.75) is 6.92 Å². The molecule has 0 amide bonds. The third-order valence-corrected chi connectivity index (χ3v) is 0.681. The molecule has 0 aromatic heterocycles. The molecular formula is C7H8O3. The van der Waals surface area contributed by atoms with Crippen molar-refractivity contribution in [2.24, 2.45) is 0 Å². The number of allylic oxidation sites excluding steroid dienone is 3. The van der Waals surface area contributed by atoms with Gasteiger partial charge in [0.2, 0.25) is 0 Å². The Balaban J connectivity index is 3.73. The number of carboxylic acids is 1. The minimum Gasteiger partial charge on any atom is -0.478 e. The summed E-state index contributed by atoms with van der Waals surface area (Å²) in [6, 6.07) is 0. The van der Waals surface area contributed by atoms with Crippen LogP contribution in [-0.2, 0) is 9.59 Å². The van der Waals surface area contributed by atoms with Crippen LogP contribution in [0.1, 0.15) is 6.92 Å². The first-order valence-electron chi connectivity index (χ1n) is 2.71. The molecule has 54 valence electrons. The van der Waals surface area contributed by atoms with Gasteiger partial charge in [0.15, 0.2) is 5.78 Å². The van der Waals surface area contributed by atoms with Gasteiger partial charge in [-0.15, -0.1) is 0 Å². The quantitative estimate of drug-likeness (QED) is 0.465. The van der Waals surface area contributed by atoms with E-state index < -0.39 is 5.97 Å². The smallest absolute Gasteiger partial charge is 0.328 e. The standard InChI is InChI=1S/C7H8O3/c1-6(8)4-2-3-5-7(9)10/h2-5H,1H3,(H,9,10)/b4-2-,5-3+. The molecule has 0 radical (unpaired) electrons. The van der Waals surface area contributed by atoms with Crippen molar-refractivity contribution in [3.63, 3.8) is 0 Å². The van der Waals surface area contributed by atoms with Crippen molar-refractivity contribution >= 4 is 11.8 Å². The van der Waals surface area contributed by atoms with Gasteiger partial charge in [-0.25, -0.2) is 4.79 Å². The molecule has 0 saturated carbocycles. The minimum atomic E-state index is -1.02. The molecule has 0 aromatic carbocycles. The maximum atomic E-state index is 10.2. The van der Waals surface area contributed by atoms with E-state index in [4.69, 9.17) is 5.11 Å². The summed E-state index contributed by atoms with van der Waals surface area (Å²) in [4.78, 5) is 20.1. The van der Waals surface area contributed by atoms with Crippen LogP contribution in [0, 0.1) is 0 Å². The molecule has 0 aliphatic carbocycles. The van der Waals surface area contributed by atoms with Crippen LogP contribution in [0.15, 0.2) is 24.3 Å². The van der Waals surface area contributed by atoms with Crippen LogP contribution < -0.4 is 0 Å². The maximum absolute atomic E-state index is 10.2. The van der Waals surface area contributed by atoms with Crippen LogP contribution in [-0.4, -0.2) is 16.9 Å². The zero-order valence-electron chi connectivity index (χ0n) is 5.57. The topological polar surface area (TPSA) is 54.4 Å². The molecule has 0 rings (SSSR count). The molecule has 3 nitrogen and oxygen atoms in total. The highest BCUT2D eigenvalue weighted by Gasteiger charge is 1.81. The second kappa shape index (κ2) is 4.49. The number of hydrogen-bond donors (Lipinski definition) is 1. The molecule has 0 heterocycles. The summed E-state index contributed by atoms with van der Waals surface area (Å²) in [7, 11) is 0. The van der Waals surface area contributed by atoms with E-state index in [9.17, 15) is 9.59 Å². The van der Waals surface area contributed by atoms with Crippen molar-refractivity contribution in [2.75, 3.05) is 0 Å². The van der Waals surface area contributed by atoms with E-state index in [1.165, 1.54) is 25.2 Å². The SMILES string of the molecule is CC(=O)/C=C\C=C\C(=O)O. The zero-order valence-corrected chi connectivity index (χ0v) is 5.57. The van der Waals surface area contributed by atoms with E-state index in [2.05, 4.69) is 0 Å². The summed E-state index contributed by atoms with van der Waals surface area (Å²) < 4.78 is 0. The Morgan fingerprint density at radius 3 is 2.10 bits per heavy atom. The molecule has 0 saturated heterocycles. The average Bonchev–Trinajstić information content (AvgIpc) is 1.79. The number of carbonyl (C=O) groups excluding carboxylic acids is 1. The minimum absolute atomic E-state index is 0.102. The summed E-state index contributed by atoms with van der Waals surface area (Å²) in [5.41, 5.74) is 0. The highest BCUT2D eigenvalue weighted by molar-refractivity contribution is 5.87. The number of carboxylic acid groups (broad SMARTS) is 1. The molecule has 3 heteroatoms. The van der Waals surface area contributed by atoms with Gasteiger partial charge in [0.25, 0.3) is 0 Å². The first-order valence-corrected chi connectivity index (χ1v) is 2.71. The van der Waals surface area contributed by atoms with Crippen molar-refractivity contribution in [1.82, 2.24) is 0 Å². The molecule has 0 spiro atoms. The van der Waals surface area contributed by atoms with E-state index in [0.29, 0.717) is 0 Å². The predicted molar refractivity (Wildman–Crippen MR) is 36.6 cm³/mol. The summed E-state index contributed by atoms with van der Waals surface area (Å²) in [5, 5.41) is 8.07. The van der Waals surface area contributed by atoms with Gasteiger partial charge in [-0.2, -0.15) is 0 Å². The van der Waals surface area contributed by atoms with Crippen LogP contribution in [0.5, 0.6) is 0 Å². The third-order valence-electron chi connectivity index (χ3n) is 0.681. The molecule has 0 aromatic rings. The van der Waals surface area contributed by atoms with Crippen LogP contribution in [0.3, 0.4) is 0 Å². The van der Waals surface area contributed by atoms with Gasteiger partial charge in [0.1, 0.15) is 0 Å². The average molecular weight is 140 g/mol. The van der Waals surface area contributed by atoms with E-state index in [-0.39, 0.29) is 5.78 Å². The summed E-state index contributed by atoms with van der Waals surface area (Å²) in [6.45, 7) is 1.39. The Morgan fingerprint density at radius 2 is 1.70 bits per heavy atom. The van der Waals surface area contributed by atoms with E-state index >= 15 is 0 Å². The number of hydrogen-bond acceptors (Lipinski definition) is 2. The molecule has 1 N–H and O–H groups in total. The van der Waals surface area contributed by atoms with Crippen LogP contribution in [0.25, 0.3) is 0 Å². The summed E-state index contributed by atoms with van der Waals surface area (Å²) in [6.07, 6.45) is 4.93. The molecule has 0 bridgehead atoms. The molecular weight excluding hydrogens is 132 g/mol. The third kappa shape index (κ3) is 6.62. The van der Waals surface area contributed by atoms with Crippen LogP contribution in [0.2, 0.25) is 0 Å². The second-order valence-corrected chi connectivity index (χ2v) is 1.67. The van der Waals surface area contributed by atoms with Crippen LogP contribution >= 0.6 is 0 Å². The van der Waals surface area contributed by atoms with E-state index in [1.54, 1.807) is 0 Å². The lowest BCUT2D eigenvalue weighted by atomic mass is 10.3. The lowest BCUT2D eigenvalue weighted by Crippen LogP contribution is -1.84. The van der Waals surface area contributed by atoms with Crippen molar-refractivity contribution in [3.8, 4) is 0 Å². The fourth-order valence-corrected chi connectivity index (χ4v) is 0.329. The van der Waals surface area contributed by atoms with Gasteiger partial charge in [0.05, 0.1) is 0 Å². The lowest BCUT2D eigenvalue weighted by molar-refractivity contribution is -0.131. The molecule has 0 unspecified atom stereocenters. The first kappa shape index (κ1) is 8.62. The summed E-state index contributed by atoms with van der Waals surface area (Å²) in [5.74, 6) is -1.12. The Labute approximate surface area is 58.7 Å².